The van der Waals surface area contributed by atoms with Crippen molar-refractivity contribution in [1.82, 2.24) is 10.2 Å². The third-order valence-electron chi connectivity index (χ3n) is 3.15. The van der Waals surface area contributed by atoms with Crippen LogP contribution >= 0.6 is 23.2 Å². The first-order chi connectivity index (χ1) is 10.0. The number of halogens is 2. The highest BCUT2D eigenvalue weighted by atomic mass is 35.5. The predicted molar refractivity (Wildman–Crippen MR) is 83.9 cm³/mol. The van der Waals surface area contributed by atoms with Crippen molar-refractivity contribution in [3.63, 3.8) is 0 Å². The molecule has 6 heteroatoms. The van der Waals surface area contributed by atoms with Crippen LogP contribution in [0.15, 0.2) is 41.0 Å². The molecule has 4 nitrogen and oxygen atoms in total. The predicted octanol–water partition coefficient (Wildman–Crippen LogP) is 3.62. The zero-order valence-electron chi connectivity index (χ0n) is 11.8. The van der Waals surface area contributed by atoms with Crippen molar-refractivity contribution in [2.45, 2.75) is 6.04 Å². The number of hydrogen-bond acceptors (Lipinski definition) is 3. The van der Waals surface area contributed by atoms with Gasteiger partial charge in [0.05, 0.1) is 27.9 Å². The molecule has 1 aromatic heterocycles. The highest BCUT2D eigenvalue weighted by molar-refractivity contribution is 6.43. The van der Waals surface area contributed by atoms with Gasteiger partial charge in [0, 0.05) is 6.54 Å². The number of hydrogen-bond donors (Lipinski definition) is 1. The molecular weight excluding hydrogens is 311 g/mol. The normalized spacial score (nSPS) is 12.4. The number of rotatable bonds is 5. The summed E-state index contributed by atoms with van der Waals surface area (Å²) in [4.78, 5) is 14.2. The first kappa shape index (κ1) is 15.9. The first-order valence-electron chi connectivity index (χ1n) is 6.42. The average Bonchev–Trinajstić information content (AvgIpc) is 2.95. The van der Waals surface area contributed by atoms with Gasteiger partial charge >= 0.3 is 0 Å². The Hall–Kier alpha value is -1.49. The number of benzene rings is 1. The van der Waals surface area contributed by atoms with E-state index in [1.54, 1.807) is 24.5 Å². The van der Waals surface area contributed by atoms with Crippen LogP contribution in [0.25, 0.3) is 0 Å². The van der Waals surface area contributed by atoms with Gasteiger partial charge in [0.2, 0.25) is 0 Å². The fourth-order valence-electron chi connectivity index (χ4n) is 1.98. The van der Waals surface area contributed by atoms with Gasteiger partial charge < -0.3 is 9.73 Å². The Kier molecular flexibility index (Phi) is 5.28. The molecule has 0 aliphatic rings. The Balaban J connectivity index is 2.07. The van der Waals surface area contributed by atoms with Crippen molar-refractivity contribution in [1.29, 1.82) is 0 Å². The molecule has 0 saturated carbocycles. The molecule has 0 radical (unpaired) electrons. The maximum Gasteiger partial charge on any atom is 0.252 e. The monoisotopic (exact) mass is 326 g/mol. The second kappa shape index (κ2) is 6.98. The van der Waals surface area contributed by atoms with Crippen LogP contribution in [0.2, 0.25) is 10.0 Å². The maximum atomic E-state index is 12.2. The van der Waals surface area contributed by atoms with E-state index in [-0.39, 0.29) is 17.0 Å². The molecule has 1 N–H and O–H groups in total. The van der Waals surface area contributed by atoms with Gasteiger partial charge in [-0.25, -0.2) is 0 Å². The summed E-state index contributed by atoms with van der Waals surface area (Å²) in [5, 5.41) is 3.47. The Labute approximate surface area is 133 Å². The van der Waals surface area contributed by atoms with E-state index in [2.05, 4.69) is 5.32 Å². The molecule has 1 amide bonds. The van der Waals surface area contributed by atoms with Gasteiger partial charge in [0.25, 0.3) is 5.91 Å². The van der Waals surface area contributed by atoms with Gasteiger partial charge in [-0.1, -0.05) is 29.3 Å². The van der Waals surface area contributed by atoms with Crippen LogP contribution in [0.3, 0.4) is 0 Å². The molecule has 21 heavy (non-hydrogen) atoms. The van der Waals surface area contributed by atoms with E-state index in [9.17, 15) is 4.79 Å². The van der Waals surface area contributed by atoms with Crippen LogP contribution < -0.4 is 5.32 Å². The molecule has 1 atom stereocenters. The number of nitrogens with one attached hydrogen (secondary N) is 1. The lowest BCUT2D eigenvalue weighted by Crippen LogP contribution is -2.34. The third-order valence-corrected chi connectivity index (χ3v) is 3.97. The minimum atomic E-state index is -0.263. The lowest BCUT2D eigenvalue weighted by atomic mass is 10.1. The van der Waals surface area contributed by atoms with E-state index < -0.39 is 0 Å². The Morgan fingerprint density at radius 2 is 2.05 bits per heavy atom. The topological polar surface area (TPSA) is 45.5 Å². The number of furan rings is 1. The molecule has 0 spiro atoms. The minimum Gasteiger partial charge on any atom is -0.468 e. The number of nitrogens with zero attached hydrogens (tertiary/aromatic N) is 1. The van der Waals surface area contributed by atoms with Crippen LogP contribution in [0.5, 0.6) is 0 Å². The van der Waals surface area contributed by atoms with E-state index in [1.807, 2.05) is 31.1 Å². The molecule has 0 aliphatic carbocycles. The van der Waals surface area contributed by atoms with Crippen LogP contribution in [0, 0.1) is 0 Å². The summed E-state index contributed by atoms with van der Waals surface area (Å²) >= 11 is 12.0. The molecule has 1 aromatic carbocycles. The van der Waals surface area contributed by atoms with E-state index in [0.717, 1.165) is 5.76 Å². The molecule has 2 rings (SSSR count). The number of amides is 1. The van der Waals surface area contributed by atoms with Crippen molar-refractivity contribution in [2.75, 3.05) is 20.6 Å². The molecule has 2 aromatic rings. The first-order valence-corrected chi connectivity index (χ1v) is 7.18. The lowest BCUT2D eigenvalue weighted by molar-refractivity contribution is 0.0939. The van der Waals surface area contributed by atoms with Gasteiger partial charge in [0.15, 0.2) is 0 Å². The molecule has 1 unspecified atom stereocenters. The Morgan fingerprint density at radius 1 is 1.29 bits per heavy atom. The summed E-state index contributed by atoms with van der Waals surface area (Å²) in [6.45, 7) is 0.405. The summed E-state index contributed by atoms with van der Waals surface area (Å²) < 4.78 is 5.40. The van der Waals surface area contributed by atoms with Gasteiger partial charge in [-0.3, -0.25) is 9.69 Å². The largest absolute Gasteiger partial charge is 0.468 e. The minimum absolute atomic E-state index is 0.0538. The van der Waals surface area contributed by atoms with E-state index in [0.29, 0.717) is 17.1 Å². The second-order valence-electron chi connectivity index (χ2n) is 4.81. The fraction of sp³-hybridized carbons (Fsp3) is 0.267. The van der Waals surface area contributed by atoms with E-state index in [1.165, 1.54) is 0 Å². The Bertz CT molecular complexity index is 612. The van der Waals surface area contributed by atoms with E-state index in [4.69, 9.17) is 27.6 Å². The maximum absolute atomic E-state index is 12.2. The summed E-state index contributed by atoms with van der Waals surface area (Å²) in [7, 11) is 3.84. The average molecular weight is 327 g/mol. The lowest BCUT2D eigenvalue weighted by Gasteiger charge is -2.22. The van der Waals surface area contributed by atoms with Crippen LogP contribution in [0.1, 0.15) is 22.2 Å². The number of carbonyl (C=O) groups excluding carboxylic acids is 1. The zero-order valence-corrected chi connectivity index (χ0v) is 13.3. The van der Waals surface area contributed by atoms with Gasteiger partial charge in [-0.2, -0.15) is 0 Å². The van der Waals surface area contributed by atoms with Crippen molar-refractivity contribution >= 4 is 29.1 Å². The fourth-order valence-corrected chi connectivity index (χ4v) is 2.37. The van der Waals surface area contributed by atoms with Crippen molar-refractivity contribution in [2.24, 2.45) is 0 Å². The summed E-state index contributed by atoms with van der Waals surface area (Å²) in [6.07, 6.45) is 1.61. The van der Waals surface area contributed by atoms with Gasteiger partial charge in [-0.15, -0.1) is 0 Å². The molecule has 0 saturated heterocycles. The number of likely N-dealkylation sites (N-methyl/N-ethyl adjacent to an activating group) is 1. The van der Waals surface area contributed by atoms with Crippen molar-refractivity contribution in [3.8, 4) is 0 Å². The Morgan fingerprint density at radius 3 is 2.67 bits per heavy atom. The second-order valence-corrected chi connectivity index (χ2v) is 5.59. The highest BCUT2D eigenvalue weighted by Crippen LogP contribution is 2.25. The van der Waals surface area contributed by atoms with Crippen molar-refractivity contribution < 1.29 is 9.21 Å². The molecule has 0 fully saturated rings. The summed E-state index contributed by atoms with van der Waals surface area (Å²) in [5.74, 6) is 0.526. The smallest absolute Gasteiger partial charge is 0.252 e. The number of carbonyl (C=O) groups is 1. The summed E-state index contributed by atoms with van der Waals surface area (Å²) in [5.41, 5.74) is 0.362. The van der Waals surface area contributed by atoms with Gasteiger partial charge in [-0.05, 0) is 38.4 Å². The standard InChI is InChI=1S/C15H16Cl2N2O2/c1-19(2)12(13-7-4-8-21-13)9-18-15(20)10-5-3-6-11(16)14(10)17/h3-8,12H,9H2,1-2H3,(H,18,20). The third kappa shape index (κ3) is 3.79. The SMILES string of the molecule is CN(C)C(CNC(=O)c1cccc(Cl)c1Cl)c1ccco1. The van der Waals surface area contributed by atoms with E-state index >= 15 is 0 Å². The van der Waals surface area contributed by atoms with Crippen LogP contribution in [-0.4, -0.2) is 31.4 Å². The molecular formula is C15H16Cl2N2O2. The van der Waals surface area contributed by atoms with Gasteiger partial charge in [0.1, 0.15) is 5.76 Å². The quantitative estimate of drug-likeness (QED) is 0.912. The summed E-state index contributed by atoms with van der Waals surface area (Å²) in [6, 6.07) is 8.62. The molecule has 112 valence electrons. The highest BCUT2D eigenvalue weighted by Gasteiger charge is 2.19. The zero-order chi connectivity index (χ0) is 15.4. The van der Waals surface area contributed by atoms with Crippen molar-refractivity contribution in [3.05, 3.63) is 58.0 Å². The van der Waals surface area contributed by atoms with Crippen LogP contribution in [-0.2, 0) is 0 Å². The van der Waals surface area contributed by atoms with Crippen LogP contribution in [0.4, 0.5) is 0 Å². The molecule has 0 bridgehead atoms. The molecule has 1 heterocycles. The molecule has 0 aliphatic heterocycles.